The van der Waals surface area contributed by atoms with Gasteiger partial charge < -0.3 is 10.3 Å². The van der Waals surface area contributed by atoms with E-state index in [0.29, 0.717) is 5.95 Å². The lowest BCUT2D eigenvalue weighted by atomic mass is 10.0. The number of aromatic nitrogens is 2. The van der Waals surface area contributed by atoms with Gasteiger partial charge in [-0.2, -0.15) is 0 Å². The van der Waals surface area contributed by atoms with Crippen LogP contribution in [-0.4, -0.2) is 9.55 Å². The Labute approximate surface area is 126 Å². The summed E-state index contributed by atoms with van der Waals surface area (Å²) in [4.78, 5) is 4.47. The van der Waals surface area contributed by atoms with Crippen LogP contribution in [0, 0.1) is 0 Å². The molecule has 3 nitrogen and oxygen atoms in total. The number of nitrogens with zero attached hydrogens (tertiary/aromatic N) is 2. The highest BCUT2D eigenvalue weighted by Gasteiger charge is 2.18. The fourth-order valence-corrected chi connectivity index (χ4v) is 3.00. The zero-order chi connectivity index (χ0) is 14.1. The average molecular weight is 330 g/mol. The predicted octanol–water partition coefficient (Wildman–Crippen LogP) is 4.38. The third kappa shape index (κ3) is 2.20. The Kier molecular flexibility index (Phi) is 3.49. The normalized spacial score (nSPS) is 12.7. The van der Waals surface area contributed by atoms with Gasteiger partial charge in [-0.3, -0.25) is 0 Å². The summed E-state index contributed by atoms with van der Waals surface area (Å²) < 4.78 is 3.16. The van der Waals surface area contributed by atoms with E-state index in [-0.39, 0.29) is 6.04 Å². The van der Waals surface area contributed by atoms with Crippen molar-refractivity contribution in [1.29, 1.82) is 0 Å². The fourth-order valence-electron chi connectivity index (χ4n) is 2.65. The molecular weight excluding hydrogens is 314 g/mol. The first kappa shape index (κ1) is 13.2. The van der Waals surface area contributed by atoms with Crippen molar-refractivity contribution >= 4 is 32.9 Å². The van der Waals surface area contributed by atoms with Crippen LogP contribution in [0.15, 0.2) is 53.0 Å². The Balaban J connectivity index is 2.21. The lowest BCUT2D eigenvalue weighted by Crippen LogP contribution is -2.12. The zero-order valence-electron chi connectivity index (χ0n) is 11.3. The smallest absolute Gasteiger partial charge is 0.201 e. The molecule has 0 fully saturated rings. The Morgan fingerprint density at radius 2 is 1.95 bits per heavy atom. The molecule has 2 aromatic carbocycles. The third-order valence-electron chi connectivity index (χ3n) is 3.56. The molecule has 102 valence electrons. The molecule has 0 radical (unpaired) electrons. The van der Waals surface area contributed by atoms with Crippen molar-refractivity contribution in [3.63, 3.8) is 0 Å². The molecule has 0 amide bonds. The maximum Gasteiger partial charge on any atom is 0.201 e. The highest BCUT2D eigenvalue weighted by molar-refractivity contribution is 9.10. The summed E-state index contributed by atoms with van der Waals surface area (Å²) in [6, 6.07) is 16.7. The van der Waals surface area contributed by atoms with Crippen LogP contribution in [0.25, 0.3) is 11.0 Å². The maximum absolute atomic E-state index is 6.15. The van der Waals surface area contributed by atoms with Gasteiger partial charge in [-0.1, -0.05) is 53.2 Å². The number of nitrogen functional groups attached to an aromatic ring is 1. The van der Waals surface area contributed by atoms with Crippen LogP contribution in [0.3, 0.4) is 0 Å². The van der Waals surface area contributed by atoms with E-state index in [1.807, 2.05) is 18.2 Å². The van der Waals surface area contributed by atoms with Crippen molar-refractivity contribution in [3.8, 4) is 0 Å². The first-order valence-corrected chi connectivity index (χ1v) is 7.48. The molecule has 2 N–H and O–H groups in total. The Morgan fingerprint density at radius 1 is 1.20 bits per heavy atom. The van der Waals surface area contributed by atoms with Crippen LogP contribution >= 0.6 is 15.9 Å². The van der Waals surface area contributed by atoms with Crippen molar-refractivity contribution in [2.24, 2.45) is 0 Å². The van der Waals surface area contributed by atoms with Crippen molar-refractivity contribution in [2.75, 3.05) is 5.73 Å². The number of rotatable bonds is 3. The summed E-state index contributed by atoms with van der Waals surface area (Å²) in [5.41, 5.74) is 9.40. The number of fused-ring (bicyclic) bond motifs is 1. The molecule has 0 saturated carbocycles. The van der Waals surface area contributed by atoms with Crippen molar-refractivity contribution in [2.45, 2.75) is 19.4 Å². The number of imidazole rings is 1. The van der Waals surface area contributed by atoms with Crippen LogP contribution in [0.2, 0.25) is 0 Å². The summed E-state index contributed by atoms with van der Waals surface area (Å²) in [5.74, 6) is 0.564. The molecule has 4 heteroatoms. The van der Waals surface area contributed by atoms with Crippen LogP contribution in [0.1, 0.15) is 24.9 Å². The molecule has 0 aliphatic rings. The first-order chi connectivity index (χ1) is 9.70. The topological polar surface area (TPSA) is 43.8 Å². The zero-order valence-corrected chi connectivity index (χ0v) is 12.8. The second-order valence-corrected chi connectivity index (χ2v) is 5.72. The van der Waals surface area contributed by atoms with Crippen LogP contribution < -0.4 is 5.73 Å². The van der Waals surface area contributed by atoms with Crippen molar-refractivity contribution in [1.82, 2.24) is 9.55 Å². The van der Waals surface area contributed by atoms with E-state index in [0.717, 1.165) is 21.9 Å². The molecule has 3 rings (SSSR count). The molecule has 1 unspecified atom stereocenters. The van der Waals surface area contributed by atoms with E-state index in [9.17, 15) is 0 Å². The number of nitrogens with two attached hydrogens (primary N) is 1. The average Bonchev–Trinajstić information content (AvgIpc) is 2.77. The van der Waals surface area contributed by atoms with Crippen LogP contribution in [0.4, 0.5) is 5.95 Å². The number of anilines is 1. The largest absolute Gasteiger partial charge is 0.369 e. The van der Waals surface area contributed by atoms with Gasteiger partial charge in [-0.15, -0.1) is 0 Å². The highest BCUT2D eigenvalue weighted by Crippen LogP contribution is 2.31. The standard InChI is InChI=1S/C16H16BrN3/c1-2-14(11-6-4-3-5-7-11)20-15-10-12(17)8-9-13(15)19-16(20)18/h3-10,14H,2H2,1H3,(H2,18,19). The number of benzene rings is 2. The van der Waals surface area contributed by atoms with E-state index < -0.39 is 0 Å². The van der Waals surface area contributed by atoms with Gasteiger partial charge in [-0.05, 0) is 30.2 Å². The summed E-state index contributed by atoms with van der Waals surface area (Å²) >= 11 is 3.52. The van der Waals surface area contributed by atoms with Gasteiger partial charge in [0.1, 0.15) is 0 Å². The minimum Gasteiger partial charge on any atom is -0.369 e. The molecule has 1 aromatic heterocycles. The molecule has 0 saturated heterocycles. The van der Waals surface area contributed by atoms with E-state index in [1.54, 1.807) is 0 Å². The second kappa shape index (κ2) is 5.29. The summed E-state index contributed by atoms with van der Waals surface area (Å²) in [6.45, 7) is 2.17. The third-order valence-corrected chi connectivity index (χ3v) is 4.05. The SMILES string of the molecule is CCC(c1ccccc1)n1c(N)nc2ccc(Br)cc21. The molecule has 0 spiro atoms. The Hall–Kier alpha value is -1.81. The quantitative estimate of drug-likeness (QED) is 0.774. The monoisotopic (exact) mass is 329 g/mol. The van der Waals surface area contributed by atoms with Crippen molar-refractivity contribution in [3.05, 3.63) is 58.6 Å². The van der Waals surface area contributed by atoms with E-state index in [1.165, 1.54) is 5.56 Å². The van der Waals surface area contributed by atoms with Gasteiger partial charge in [0.2, 0.25) is 5.95 Å². The molecule has 0 aliphatic heterocycles. The summed E-state index contributed by atoms with van der Waals surface area (Å²) in [7, 11) is 0. The molecule has 1 atom stereocenters. The highest BCUT2D eigenvalue weighted by atomic mass is 79.9. The van der Waals surface area contributed by atoms with Gasteiger partial charge in [0.25, 0.3) is 0 Å². The Bertz CT molecular complexity index is 734. The molecule has 0 bridgehead atoms. The van der Waals surface area contributed by atoms with Crippen molar-refractivity contribution < 1.29 is 0 Å². The second-order valence-electron chi connectivity index (χ2n) is 4.81. The van der Waals surface area contributed by atoms with E-state index >= 15 is 0 Å². The number of halogens is 1. The number of hydrogen-bond donors (Lipinski definition) is 1. The molecule has 0 aliphatic carbocycles. The van der Waals surface area contributed by atoms with Gasteiger partial charge in [0.05, 0.1) is 17.1 Å². The molecule has 20 heavy (non-hydrogen) atoms. The first-order valence-electron chi connectivity index (χ1n) is 6.68. The van der Waals surface area contributed by atoms with Gasteiger partial charge in [0.15, 0.2) is 0 Å². The molecule has 1 heterocycles. The van der Waals surface area contributed by atoms with Crippen LogP contribution in [0.5, 0.6) is 0 Å². The molecular formula is C16H16BrN3. The van der Waals surface area contributed by atoms with E-state index in [2.05, 4.69) is 62.7 Å². The van der Waals surface area contributed by atoms with Gasteiger partial charge >= 0.3 is 0 Å². The summed E-state index contributed by atoms with van der Waals surface area (Å²) in [6.07, 6.45) is 0.964. The van der Waals surface area contributed by atoms with E-state index in [4.69, 9.17) is 5.73 Å². The van der Waals surface area contributed by atoms with Crippen LogP contribution in [-0.2, 0) is 0 Å². The lowest BCUT2D eigenvalue weighted by molar-refractivity contribution is 0.589. The molecule has 3 aromatic rings. The van der Waals surface area contributed by atoms with Gasteiger partial charge in [0, 0.05) is 4.47 Å². The maximum atomic E-state index is 6.15. The summed E-state index contributed by atoms with van der Waals surface area (Å²) in [5, 5.41) is 0. The Morgan fingerprint density at radius 3 is 2.65 bits per heavy atom. The van der Waals surface area contributed by atoms with Gasteiger partial charge in [-0.25, -0.2) is 4.98 Å². The minimum atomic E-state index is 0.204. The predicted molar refractivity (Wildman–Crippen MR) is 86.7 cm³/mol. The fraction of sp³-hybridized carbons (Fsp3) is 0.188. The number of hydrogen-bond acceptors (Lipinski definition) is 2. The lowest BCUT2D eigenvalue weighted by Gasteiger charge is -2.19. The minimum absolute atomic E-state index is 0.204.